The first kappa shape index (κ1) is 17.0. The van der Waals surface area contributed by atoms with Crippen LogP contribution in [0, 0.1) is 19.8 Å². The van der Waals surface area contributed by atoms with Crippen LogP contribution in [0.4, 0.5) is 17.2 Å². The van der Waals surface area contributed by atoms with E-state index in [0.29, 0.717) is 5.82 Å². The minimum absolute atomic E-state index is 0.0398. The molecule has 122 valence electrons. The predicted molar refractivity (Wildman–Crippen MR) is 96.1 cm³/mol. The van der Waals surface area contributed by atoms with Crippen molar-refractivity contribution in [2.75, 3.05) is 10.6 Å². The SMILES string of the molecule is CCC(CC)C(=O)Nc1ccc(Nc2c(C)cccc2C)cn1. The zero-order valence-corrected chi connectivity index (χ0v) is 14.3. The molecule has 0 atom stereocenters. The van der Waals surface area contributed by atoms with Gasteiger partial charge in [0.25, 0.3) is 0 Å². The summed E-state index contributed by atoms with van der Waals surface area (Å²) >= 11 is 0. The maximum Gasteiger partial charge on any atom is 0.228 e. The molecule has 0 radical (unpaired) electrons. The number of amides is 1. The van der Waals surface area contributed by atoms with Gasteiger partial charge in [-0.25, -0.2) is 4.98 Å². The van der Waals surface area contributed by atoms with Crippen LogP contribution in [0.25, 0.3) is 0 Å². The van der Waals surface area contributed by atoms with E-state index in [1.807, 2.05) is 32.0 Å². The highest BCUT2D eigenvalue weighted by molar-refractivity contribution is 5.91. The second kappa shape index (κ2) is 7.77. The van der Waals surface area contributed by atoms with Crippen molar-refractivity contribution >= 4 is 23.1 Å². The molecule has 0 unspecified atom stereocenters. The van der Waals surface area contributed by atoms with Gasteiger partial charge in [0.1, 0.15) is 5.82 Å². The monoisotopic (exact) mass is 311 g/mol. The predicted octanol–water partition coefficient (Wildman–Crippen LogP) is 4.82. The van der Waals surface area contributed by atoms with Gasteiger partial charge in [-0.05, 0) is 49.9 Å². The second-order valence-corrected chi connectivity index (χ2v) is 5.83. The summed E-state index contributed by atoms with van der Waals surface area (Å²) in [6, 6.07) is 9.96. The van der Waals surface area contributed by atoms with E-state index in [0.717, 1.165) is 24.2 Å². The van der Waals surface area contributed by atoms with Crippen LogP contribution in [-0.2, 0) is 4.79 Å². The average molecular weight is 311 g/mol. The van der Waals surface area contributed by atoms with Crippen molar-refractivity contribution < 1.29 is 4.79 Å². The average Bonchev–Trinajstić information content (AvgIpc) is 2.54. The van der Waals surface area contributed by atoms with Crippen molar-refractivity contribution in [3.8, 4) is 0 Å². The lowest BCUT2D eigenvalue weighted by Gasteiger charge is -2.14. The molecule has 2 N–H and O–H groups in total. The van der Waals surface area contributed by atoms with Gasteiger partial charge in [0, 0.05) is 11.6 Å². The fourth-order valence-electron chi connectivity index (χ4n) is 2.59. The summed E-state index contributed by atoms with van der Waals surface area (Å²) in [5.74, 6) is 0.677. The van der Waals surface area contributed by atoms with Crippen LogP contribution in [-0.4, -0.2) is 10.9 Å². The third-order valence-electron chi connectivity index (χ3n) is 4.12. The number of rotatable bonds is 6. The van der Waals surface area contributed by atoms with E-state index in [1.54, 1.807) is 6.20 Å². The summed E-state index contributed by atoms with van der Waals surface area (Å²) < 4.78 is 0. The first-order valence-corrected chi connectivity index (χ1v) is 8.15. The Bertz CT molecular complexity index is 641. The van der Waals surface area contributed by atoms with Crippen LogP contribution < -0.4 is 10.6 Å². The van der Waals surface area contributed by atoms with Crippen molar-refractivity contribution in [3.05, 3.63) is 47.7 Å². The van der Waals surface area contributed by atoms with E-state index in [-0.39, 0.29) is 11.8 Å². The maximum absolute atomic E-state index is 12.1. The third kappa shape index (κ3) is 4.31. The largest absolute Gasteiger partial charge is 0.354 e. The molecule has 0 aliphatic heterocycles. The molecule has 0 bridgehead atoms. The Morgan fingerprint density at radius 2 is 1.74 bits per heavy atom. The zero-order valence-electron chi connectivity index (χ0n) is 14.3. The number of para-hydroxylation sites is 1. The quantitative estimate of drug-likeness (QED) is 0.804. The number of nitrogens with zero attached hydrogens (tertiary/aromatic N) is 1. The standard InChI is InChI=1S/C19H25N3O/c1-5-15(6-2)19(23)22-17-11-10-16(12-20-17)21-18-13(3)8-7-9-14(18)4/h7-12,15,21H,5-6H2,1-4H3,(H,20,22,23). The van der Waals surface area contributed by atoms with E-state index in [2.05, 4.69) is 41.6 Å². The fourth-order valence-corrected chi connectivity index (χ4v) is 2.59. The molecular formula is C19H25N3O. The molecule has 2 aromatic rings. The molecule has 2 rings (SSSR count). The first-order chi connectivity index (χ1) is 11.0. The molecule has 0 saturated heterocycles. The van der Waals surface area contributed by atoms with E-state index in [1.165, 1.54) is 11.1 Å². The van der Waals surface area contributed by atoms with Crippen LogP contribution in [0.5, 0.6) is 0 Å². The molecule has 1 aromatic carbocycles. The molecule has 0 fully saturated rings. The Hall–Kier alpha value is -2.36. The highest BCUT2D eigenvalue weighted by Gasteiger charge is 2.14. The summed E-state index contributed by atoms with van der Waals surface area (Å²) in [5, 5.41) is 6.27. The lowest BCUT2D eigenvalue weighted by atomic mass is 10.0. The minimum Gasteiger partial charge on any atom is -0.354 e. The fraction of sp³-hybridized carbons (Fsp3) is 0.368. The molecule has 0 saturated carbocycles. The molecule has 1 amide bonds. The van der Waals surface area contributed by atoms with Gasteiger partial charge in [-0.15, -0.1) is 0 Å². The number of nitrogens with one attached hydrogen (secondary N) is 2. The number of aryl methyl sites for hydroxylation is 2. The van der Waals surface area contributed by atoms with E-state index < -0.39 is 0 Å². The van der Waals surface area contributed by atoms with Gasteiger partial charge in [0.15, 0.2) is 0 Å². The Labute approximate surface area is 138 Å². The highest BCUT2D eigenvalue weighted by atomic mass is 16.1. The number of hydrogen-bond donors (Lipinski definition) is 2. The smallest absolute Gasteiger partial charge is 0.228 e. The van der Waals surface area contributed by atoms with Crippen molar-refractivity contribution in [1.29, 1.82) is 0 Å². The zero-order chi connectivity index (χ0) is 16.8. The molecule has 4 heteroatoms. The van der Waals surface area contributed by atoms with E-state index >= 15 is 0 Å². The van der Waals surface area contributed by atoms with Gasteiger partial charge >= 0.3 is 0 Å². The van der Waals surface area contributed by atoms with Crippen molar-refractivity contribution in [1.82, 2.24) is 4.98 Å². The topological polar surface area (TPSA) is 54.0 Å². The molecule has 0 aliphatic carbocycles. The summed E-state index contributed by atoms with van der Waals surface area (Å²) in [6.07, 6.45) is 3.43. The minimum atomic E-state index is 0.0398. The molecule has 4 nitrogen and oxygen atoms in total. The first-order valence-electron chi connectivity index (χ1n) is 8.15. The van der Waals surface area contributed by atoms with Crippen molar-refractivity contribution in [3.63, 3.8) is 0 Å². The highest BCUT2D eigenvalue weighted by Crippen LogP contribution is 2.24. The Balaban J connectivity index is 2.07. The van der Waals surface area contributed by atoms with Gasteiger partial charge in [-0.2, -0.15) is 0 Å². The number of pyridine rings is 1. The Morgan fingerprint density at radius 3 is 2.26 bits per heavy atom. The summed E-state index contributed by atoms with van der Waals surface area (Å²) in [7, 11) is 0. The van der Waals surface area contributed by atoms with E-state index in [9.17, 15) is 4.79 Å². The van der Waals surface area contributed by atoms with Crippen molar-refractivity contribution in [2.45, 2.75) is 40.5 Å². The van der Waals surface area contributed by atoms with Gasteiger partial charge in [0.05, 0.1) is 11.9 Å². The van der Waals surface area contributed by atoms with Crippen LogP contribution in [0.1, 0.15) is 37.8 Å². The number of carbonyl (C=O) groups excluding carboxylic acids is 1. The van der Waals surface area contributed by atoms with E-state index in [4.69, 9.17) is 0 Å². The Kier molecular flexibility index (Phi) is 5.74. The number of anilines is 3. The number of benzene rings is 1. The van der Waals surface area contributed by atoms with Gasteiger partial charge in [-0.1, -0.05) is 32.0 Å². The van der Waals surface area contributed by atoms with Gasteiger partial charge in [0.2, 0.25) is 5.91 Å². The molecule has 23 heavy (non-hydrogen) atoms. The number of hydrogen-bond acceptors (Lipinski definition) is 3. The molecule has 0 aliphatic rings. The van der Waals surface area contributed by atoms with Crippen LogP contribution in [0.3, 0.4) is 0 Å². The second-order valence-electron chi connectivity index (χ2n) is 5.83. The van der Waals surface area contributed by atoms with Crippen LogP contribution in [0.2, 0.25) is 0 Å². The normalized spacial score (nSPS) is 10.7. The molecule has 1 heterocycles. The summed E-state index contributed by atoms with van der Waals surface area (Å²) in [6.45, 7) is 8.21. The molecule has 0 spiro atoms. The lowest BCUT2D eigenvalue weighted by Crippen LogP contribution is -2.22. The lowest BCUT2D eigenvalue weighted by molar-refractivity contribution is -0.120. The van der Waals surface area contributed by atoms with Crippen molar-refractivity contribution in [2.24, 2.45) is 5.92 Å². The molecule has 1 aromatic heterocycles. The summed E-state index contributed by atoms with van der Waals surface area (Å²) in [5.41, 5.74) is 4.39. The number of carbonyl (C=O) groups is 1. The third-order valence-corrected chi connectivity index (χ3v) is 4.12. The van der Waals surface area contributed by atoms with Gasteiger partial charge < -0.3 is 10.6 Å². The molecular weight excluding hydrogens is 286 g/mol. The van der Waals surface area contributed by atoms with Gasteiger partial charge in [-0.3, -0.25) is 4.79 Å². The maximum atomic E-state index is 12.1. The van der Waals surface area contributed by atoms with Crippen LogP contribution >= 0.6 is 0 Å². The Morgan fingerprint density at radius 1 is 1.09 bits per heavy atom. The van der Waals surface area contributed by atoms with Crippen LogP contribution in [0.15, 0.2) is 36.5 Å². The summed E-state index contributed by atoms with van der Waals surface area (Å²) in [4.78, 5) is 16.4. The number of aromatic nitrogens is 1.